The van der Waals surface area contributed by atoms with Gasteiger partial charge in [-0.15, -0.1) is 0 Å². The molecule has 150 valence electrons. The fourth-order valence-electron chi connectivity index (χ4n) is 7.29. The summed E-state index contributed by atoms with van der Waals surface area (Å²) in [4.78, 5) is 25.7. The number of aryl methyl sites for hydroxylation is 1. The fraction of sp³-hybridized carbons (Fsp3) is 0.500. The highest BCUT2D eigenvalue weighted by atomic mass is 16.6. The first kappa shape index (κ1) is 17.5. The Balaban J connectivity index is 1.57. The molecule has 0 radical (unpaired) electrons. The fourth-order valence-corrected chi connectivity index (χ4v) is 7.29. The Hall–Kier alpha value is -2.40. The summed E-state index contributed by atoms with van der Waals surface area (Å²) in [6.45, 7) is 2.06. The monoisotopic (exact) mass is 392 g/mol. The zero-order valence-electron chi connectivity index (χ0n) is 16.9. The Morgan fingerprint density at radius 1 is 0.966 bits per heavy atom. The second-order valence-corrected chi connectivity index (χ2v) is 9.13. The molecule has 1 aromatic rings. The lowest BCUT2D eigenvalue weighted by Gasteiger charge is -2.29. The Bertz CT molecular complexity index is 964. The second-order valence-electron chi connectivity index (χ2n) is 9.13. The van der Waals surface area contributed by atoms with Crippen molar-refractivity contribution in [3.63, 3.8) is 0 Å². The van der Waals surface area contributed by atoms with Crippen LogP contribution < -0.4 is 0 Å². The molecule has 0 N–H and O–H groups in total. The molecule has 4 fully saturated rings. The lowest BCUT2D eigenvalue weighted by Crippen LogP contribution is -2.42. The first-order valence-electron chi connectivity index (χ1n) is 10.4. The number of methoxy groups -OCH3 is 2. The molecule has 0 amide bonds. The van der Waals surface area contributed by atoms with E-state index in [2.05, 4.69) is 37.3 Å². The summed E-state index contributed by atoms with van der Waals surface area (Å²) in [7, 11) is 2.75. The maximum atomic E-state index is 12.9. The molecule has 29 heavy (non-hydrogen) atoms. The normalized spacial score (nSPS) is 40.0. The van der Waals surface area contributed by atoms with Crippen LogP contribution in [0.5, 0.6) is 0 Å². The van der Waals surface area contributed by atoms with Gasteiger partial charge in [0.2, 0.25) is 0 Å². The molecule has 4 aliphatic carbocycles. The van der Waals surface area contributed by atoms with Crippen molar-refractivity contribution in [3.8, 4) is 0 Å². The number of epoxide rings is 1. The van der Waals surface area contributed by atoms with Crippen molar-refractivity contribution in [2.75, 3.05) is 14.2 Å². The van der Waals surface area contributed by atoms with E-state index in [1.807, 2.05) is 0 Å². The van der Waals surface area contributed by atoms with Crippen LogP contribution in [0.3, 0.4) is 0 Å². The summed E-state index contributed by atoms with van der Waals surface area (Å²) in [5.74, 6) is -0.412. The largest absolute Gasteiger partial charge is 0.466 e. The molecular formula is C24H24O5. The topological polar surface area (TPSA) is 65.1 Å². The predicted molar refractivity (Wildman–Crippen MR) is 105 cm³/mol. The Labute approximate surface area is 169 Å². The van der Waals surface area contributed by atoms with Gasteiger partial charge in [-0.2, -0.15) is 0 Å². The highest BCUT2D eigenvalue weighted by Crippen LogP contribution is 2.86. The lowest BCUT2D eigenvalue weighted by atomic mass is 9.69. The van der Waals surface area contributed by atoms with E-state index >= 15 is 0 Å². The molecule has 0 aromatic heterocycles. The van der Waals surface area contributed by atoms with Crippen LogP contribution in [0.2, 0.25) is 0 Å². The smallest absolute Gasteiger partial charge is 0.335 e. The second kappa shape index (κ2) is 5.39. The third-order valence-electron chi connectivity index (χ3n) is 8.17. The van der Waals surface area contributed by atoms with E-state index < -0.39 is 11.9 Å². The van der Waals surface area contributed by atoms with Crippen LogP contribution in [-0.2, 0) is 23.8 Å². The van der Waals surface area contributed by atoms with Gasteiger partial charge in [0.15, 0.2) is 0 Å². The number of esters is 2. The van der Waals surface area contributed by atoms with Gasteiger partial charge in [-0.1, -0.05) is 35.9 Å². The summed E-state index contributed by atoms with van der Waals surface area (Å²) in [5.41, 5.74) is 3.65. The average Bonchev–Trinajstić information content (AvgIpc) is 3.03. The Kier molecular flexibility index (Phi) is 3.25. The number of ether oxygens (including phenoxy) is 3. The van der Waals surface area contributed by atoms with Crippen LogP contribution in [0.4, 0.5) is 0 Å². The van der Waals surface area contributed by atoms with Crippen molar-refractivity contribution in [1.82, 2.24) is 0 Å². The van der Waals surface area contributed by atoms with Crippen LogP contribution in [0.1, 0.15) is 30.4 Å². The maximum absolute atomic E-state index is 12.9. The maximum Gasteiger partial charge on any atom is 0.335 e. The van der Waals surface area contributed by atoms with E-state index in [1.165, 1.54) is 19.8 Å². The summed E-state index contributed by atoms with van der Waals surface area (Å²) in [6, 6.07) is 8.33. The molecule has 5 nitrogen and oxygen atoms in total. The van der Waals surface area contributed by atoms with E-state index in [9.17, 15) is 9.59 Å². The molecule has 3 saturated carbocycles. The Morgan fingerprint density at radius 3 is 1.97 bits per heavy atom. The number of benzene rings is 1. The first-order valence-corrected chi connectivity index (χ1v) is 10.4. The predicted octanol–water partition coefficient (Wildman–Crippen LogP) is 3.22. The van der Waals surface area contributed by atoms with Gasteiger partial charge in [0.05, 0.1) is 25.4 Å². The van der Waals surface area contributed by atoms with E-state index in [4.69, 9.17) is 14.2 Å². The minimum Gasteiger partial charge on any atom is -0.466 e. The molecular weight excluding hydrogens is 368 g/mol. The number of hydrogen-bond donors (Lipinski definition) is 0. The van der Waals surface area contributed by atoms with Crippen molar-refractivity contribution >= 4 is 18.0 Å². The Morgan fingerprint density at radius 2 is 1.48 bits per heavy atom. The number of carbonyl (C=O) groups excluding carboxylic acids is 2. The highest BCUT2D eigenvalue weighted by molar-refractivity contribution is 6.06. The summed E-state index contributed by atoms with van der Waals surface area (Å²) < 4.78 is 16.8. The molecule has 4 bridgehead atoms. The minimum absolute atomic E-state index is 0.217. The van der Waals surface area contributed by atoms with Gasteiger partial charge in [-0.05, 0) is 49.2 Å². The average molecular weight is 392 g/mol. The standard InChI is InChI=1S/C24H24O5/c1-12-4-6-13(7-5-12)10-16-19-17(21(25)27-2)18(22(26)28-3)20(16)24-15-9-8-14(11-15)23(19,24)29-24/h4-7,10,14-15,19-20H,8-9,11H2,1-3H3/t14-,15-,19+,20+,23+,24+/m0/s1. The molecule has 5 heteroatoms. The molecule has 6 rings (SSSR count). The van der Waals surface area contributed by atoms with Gasteiger partial charge in [-0.3, -0.25) is 0 Å². The van der Waals surface area contributed by atoms with E-state index in [0.29, 0.717) is 23.0 Å². The van der Waals surface area contributed by atoms with Crippen LogP contribution in [-0.4, -0.2) is 37.4 Å². The summed E-state index contributed by atoms with van der Waals surface area (Å²) in [5, 5.41) is 0. The van der Waals surface area contributed by atoms with E-state index in [0.717, 1.165) is 30.4 Å². The van der Waals surface area contributed by atoms with Crippen molar-refractivity contribution < 1.29 is 23.8 Å². The van der Waals surface area contributed by atoms with Gasteiger partial charge in [0.25, 0.3) is 0 Å². The van der Waals surface area contributed by atoms with Gasteiger partial charge < -0.3 is 14.2 Å². The van der Waals surface area contributed by atoms with Crippen molar-refractivity contribution in [2.45, 2.75) is 37.4 Å². The SMILES string of the molecule is COC(=O)C1=C(C(=O)OC)[C@H]2C(=Cc3ccc(C)cc3)[C@H]1[C@@]13O[C@]21[C@H]1CC[C@H]3C1. The summed E-state index contributed by atoms with van der Waals surface area (Å²) >= 11 is 0. The lowest BCUT2D eigenvalue weighted by molar-refractivity contribution is -0.140. The van der Waals surface area contributed by atoms with E-state index in [-0.39, 0.29) is 23.0 Å². The molecule has 0 spiro atoms. The van der Waals surface area contributed by atoms with Crippen LogP contribution in [0, 0.1) is 30.6 Å². The number of fused-ring (bicyclic) bond motifs is 4. The van der Waals surface area contributed by atoms with Gasteiger partial charge in [0.1, 0.15) is 11.2 Å². The first-order chi connectivity index (χ1) is 14.0. The third kappa shape index (κ3) is 1.78. The van der Waals surface area contributed by atoms with Crippen LogP contribution >= 0.6 is 0 Å². The molecule has 1 aliphatic heterocycles. The number of rotatable bonds is 3. The molecule has 0 unspecified atom stereocenters. The van der Waals surface area contributed by atoms with E-state index in [1.54, 1.807) is 0 Å². The molecule has 1 heterocycles. The molecule has 5 aliphatic rings. The number of carbonyl (C=O) groups is 2. The van der Waals surface area contributed by atoms with Crippen LogP contribution in [0.15, 0.2) is 41.0 Å². The minimum atomic E-state index is -0.436. The van der Waals surface area contributed by atoms with Gasteiger partial charge in [-0.25, -0.2) is 9.59 Å². The number of hydrogen-bond acceptors (Lipinski definition) is 5. The quantitative estimate of drug-likeness (QED) is 0.584. The zero-order valence-corrected chi connectivity index (χ0v) is 16.9. The molecule has 6 atom stereocenters. The highest BCUT2D eigenvalue weighted by Gasteiger charge is 2.94. The van der Waals surface area contributed by atoms with Crippen LogP contribution in [0.25, 0.3) is 6.08 Å². The van der Waals surface area contributed by atoms with Crippen molar-refractivity contribution in [2.24, 2.45) is 23.7 Å². The molecule has 1 saturated heterocycles. The summed E-state index contributed by atoms with van der Waals surface area (Å²) in [6.07, 6.45) is 5.57. The van der Waals surface area contributed by atoms with Gasteiger partial charge in [0, 0.05) is 11.8 Å². The van der Waals surface area contributed by atoms with Gasteiger partial charge >= 0.3 is 11.9 Å². The third-order valence-corrected chi connectivity index (χ3v) is 8.17. The zero-order chi connectivity index (χ0) is 20.1. The van der Waals surface area contributed by atoms with Crippen molar-refractivity contribution in [3.05, 3.63) is 52.1 Å². The molecule has 1 aromatic carbocycles. The van der Waals surface area contributed by atoms with Crippen molar-refractivity contribution in [1.29, 1.82) is 0 Å².